The van der Waals surface area contributed by atoms with Crippen LogP contribution in [0.5, 0.6) is 0 Å². The molecule has 23 heavy (non-hydrogen) atoms. The van der Waals surface area contributed by atoms with Crippen LogP contribution in [0.15, 0.2) is 36.5 Å². The van der Waals surface area contributed by atoms with Crippen molar-refractivity contribution in [1.82, 2.24) is 15.2 Å². The molecule has 0 spiro atoms. The number of aromatic nitrogens is 3. The van der Waals surface area contributed by atoms with E-state index in [4.69, 9.17) is 4.98 Å². The molecule has 2 fully saturated rings. The molecule has 1 aromatic carbocycles. The first-order chi connectivity index (χ1) is 10.9. The molecule has 4 rings (SSSR count). The van der Waals surface area contributed by atoms with E-state index in [9.17, 15) is 0 Å². The van der Waals surface area contributed by atoms with Gasteiger partial charge in [-0.05, 0) is 30.1 Å². The summed E-state index contributed by atoms with van der Waals surface area (Å²) in [6, 6.07) is 10.8. The molecule has 0 radical (unpaired) electrons. The van der Waals surface area contributed by atoms with E-state index in [-0.39, 0.29) is 0 Å². The Balaban J connectivity index is 1.67. The zero-order valence-corrected chi connectivity index (χ0v) is 14.2. The van der Waals surface area contributed by atoms with Crippen LogP contribution < -0.4 is 4.90 Å². The molecule has 4 heteroatoms. The highest BCUT2D eigenvalue weighted by Gasteiger charge is 2.50. The van der Waals surface area contributed by atoms with Crippen molar-refractivity contribution in [2.24, 2.45) is 10.8 Å². The third kappa shape index (κ3) is 2.71. The summed E-state index contributed by atoms with van der Waals surface area (Å²) in [5.74, 6) is 0.790. The zero-order chi connectivity index (χ0) is 16.1. The molecule has 0 N–H and O–H groups in total. The minimum Gasteiger partial charge on any atom is -0.336 e. The second kappa shape index (κ2) is 5.02. The normalized spacial score (nSPS) is 28.8. The summed E-state index contributed by atoms with van der Waals surface area (Å²) in [5.41, 5.74) is 2.77. The molecule has 2 aliphatic rings. The number of nitrogens with zero attached hydrogens (tertiary/aromatic N) is 4. The average Bonchev–Trinajstić information content (AvgIpc) is 2.77. The van der Waals surface area contributed by atoms with Gasteiger partial charge in [-0.3, -0.25) is 0 Å². The average molecular weight is 308 g/mol. The number of anilines is 1. The maximum Gasteiger partial charge on any atom is 0.246 e. The number of rotatable bonds is 2. The predicted molar refractivity (Wildman–Crippen MR) is 92.1 cm³/mol. The van der Waals surface area contributed by atoms with E-state index >= 15 is 0 Å². The van der Waals surface area contributed by atoms with Crippen LogP contribution in [0.1, 0.15) is 40.0 Å². The molecule has 0 amide bonds. The second-order valence-corrected chi connectivity index (χ2v) is 8.35. The first kappa shape index (κ1) is 14.6. The number of benzene rings is 1. The van der Waals surface area contributed by atoms with E-state index in [0.29, 0.717) is 16.9 Å². The van der Waals surface area contributed by atoms with Crippen molar-refractivity contribution in [2.75, 3.05) is 11.4 Å². The summed E-state index contributed by atoms with van der Waals surface area (Å²) in [7, 11) is 0. The van der Waals surface area contributed by atoms with E-state index < -0.39 is 0 Å². The van der Waals surface area contributed by atoms with E-state index in [1.54, 1.807) is 6.20 Å². The molecule has 2 heterocycles. The highest BCUT2D eigenvalue weighted by molar-refractivity contribution is 5.59. The molecule has 1 aromatic heterocycles. The van der Waals surface area contributed by atoms with Crippen molar-refractivity contribution in [3.05, 3.63) is 36.5 Å². The SMILES string of the molecule is CC1(C)C[C@@H]2C[C@@](C)(CN2c2nncc(-c3ccccc3)n2)C1. The van der Waals surface area contributed by atoms with Gasteiger partial charge in [0, 0.05) is 18.2 Å². The lowest BCUT2D eigenvalue weighted by atomic mass is 9.65. The van der Waals surface area contributed by atoms with Crippen LogP contribution in [-0.2, 0) is 0 Å². The first-order valence-electron chi connectivity index (χ1n) is 8.46. The van der Waals surface area contributed by atoms with Crippen molar-refractivity contribution in [1.29, 1.82) is 0 Å². The Hall–Kier alpha value is -1.97. The van der Waals surface area contributed by atoms with Crippen molar-refractivity contribution < 1.29 is 0 Å². The lowest BCUT2D eigenvalue weighted by Gasteiger charge is -2.39. The summed E-state index contributed by atoms with van der Waals surface area (Å²) in [6.07, 6.45) is 5.49. The quantitative estimate of drug-likeness (QED) is 0.842. The van der Waals surface area contributed by atoms with Gasteiger partial charge in [-0.1, -0.05) is 51.1 Å². The summed E-state index contributed by atoms with van der Waals surface area (Å²) in [6.45, 7) is 8.23. The van der Waals surface area contributed by atoms with Crippen LogP contribution >= 0.6 is 0 Å². The molecule has 2 atom stereocenters. The number of hydrogen-bond acceptors (Lipinski definition) is 4. The Morgan fingerprint density at radius 2 is 1.87 bits per heavy atom. The summed E-state index contributed by atoms with van der Waals surface area (Å²) >= 11 is 0. The monoisotopic (exact) mass is 308 g/mol. The predicted octanol–water partition coefficient (Wildman–Crippen LogP) is 3.94. The number of fused-ring (bicyclic) bond motifs is 2. The maximum atomic E-state index is 4.82. The first-order valence-corrected chi connectivity index (χ1v) is 8.46. The van der Waals surface area contributed by atoms with E-state index in [2.05, 4.69) is 48.0 Å². The molecule has 1 aliphatic carbocycles. The Kier molecular flexibility index (Phi) is 3.19. The third-order valence-electron chi connectivity index (χ3n) is 5.29. The van der Waals surface area contributed by atoms with E-state index in [1.807, 2.05) is 18.2 Å². The van der Waals surface area contributed by atoms with Gasteiger partial charge >= 0.3 is 0 Å². The Bertz CT molecular complexity index is 712. The van der Waals surface area contributed by atoms with Gasteiger partial charge in [-0.2, -0.15) is 5.10 Å². The largest absolute Gasteiger partial charge is 0.336 e. The topological polar surface area (TPSA) is 41.9 Å². The number of hydrogen-bond donors (Lipinski definition) is 0. The van der Waals surface area contributed by atoms with Crippen LogP contribution in [-0.4, -0.2) is 27.8 Å². The van der Waals surface area contributed by atoms with Gasteiger partial charge in [-0.25, -0.2) is 4.98 Å². The van der Waals surface area contributed by atoms with Crippen LogP contribution in [0, 0.1) is 10.8 Å². The summed E-state index contributed by atoms with van der Waals surface area (Å²) in [5, 5.41) is 8.58. The molecule has 120 valence electrons. The smallest absolute Gasteiger partial charge is 0.246 e. The maximum absolute atomic E-state index is 4.82. The van der Waals surface area contributed by atoms with Crippen molar-refractivity contribution in [3.63, 3.8) is 0 Å². The van der Waals surface area contributed by atoms with Crippen LogP contribution in [0.2, 0.25) is 0 Å². The minimum atomic E-state index is 0.374. The van der Waals surface area contributed by atoms with Gasteiger partial charge in [0.2, 0.25) is 5.95 Å². The molecule has 1 saturated heterocycles. The van der Waals surface area contributed by atoms with Gasteiger partial charge < -0.3 is 4.90 Å². The third-order valence-corrected chi connectivity index (χ3v) is 5.29. The summed E-state index contributed by atoms with van der Waals surface area (Å²) < 4.78 is 0. The molecule has 0 unspecified atom stereocenters. The lowest BCUT2D eigenvalue weighted by molar-refractivity contribution is 0.136. The highest BCUT2D eigenvalue weighted by atomic mass is 15.3. The fourth-order valence-electron chi connectivity index (χ4n) is 4.86. The van der Waals surface area contributed by atoms with Gasteiger partial charge in [0.25, 0.3) is 0 Å². The van der Waals surface area contributed by atoms with Crippen molar-refractivity contribution in [3.8, 4) is 11.3 Å². The molecule has 1 aliphatic heterocycles. The van der Waals surface area contributed by atoms with Gasteiger partial charge in [-0.15, -0.1) is 5.10 Å². The van der Waals surface area contributed by atoms with Crippen LogP contribution in [0.3, 0.4) is 0 Å². The Morgan fingerprint density at radius 3 is 2.65 bits per heavy atom. The fourth-order valence-corrected chi connectivity index (χ4v) is 4.86. The molecular formula is C19H24N4. The summed E-state index contributed by atoms with van der Waals surface area (Å²) in [4.78, 5) is 7.21. The Labute approximate surface area is 138 Å². The fraction of sp³-hybridized carbons (Fsp3) is 0.526. The molecule has 2 aromatic rings. The van der Waals surface area contributed by atoms with E-state index in [1.165, 1.54) is 19.3 Å². The van der Waals surface area contributed by atoms with Crippen molar-refractivity contribution >= 4 is 5.95 Å². The molecular weight excluding hydrogens is 284 g/mol. The van der Waals surface area contributed by atoms with Gasteiger partial charge in [0.15, 0.2) is 0 Å². The molecule has 2 bridgehead atoms. The van der Waals surface area contributed by atoms with Crippen LogP contribution in [0.25, 0.3) is 11.3 Å². The molecule has 1 saturated carbocycles. The molecule has 4 nitrogen and oxygen atoms in total. The van der Waals surface area contributed by atoms with Crippen molar-refractivity contribution in [2.45, 2.75) is 46.1 Å². The Morgan fingerprint density at radius 1 is 1.09 bits per heavy atom. The van der Waals surface area contributed by atoms with Gasteiger partial charge in [0.05, 0.1) is 11.9 Å². The standard InChI is InChI=1S/C19H24N4/c1-18(2)9-15-10-19(3,12-18)13-23(15)17-21-16(11-20-22-17)14-7-5-4-6-8-14/h4-8,11,15H,9-10,12-13H2,1-3H3/t15-,19-/m1/s1. The van der Waals surface area contributed by atoms with Gasteiger partial charge in [0.1, 0.15) is 0 Å². The minimum absolute atomic E-state index is 0.374. The van der Waals surface area contributed by atoms with Crippen LogP contribution in [0.4, 0.5) is 5.95 Å². The second-order valence-electron chi connectivity index (χ2n) is 8.35. The highest BCUT2D eigenvalue weighted by Crippen LogP contribution is 2.52. The zero-order valence-electron chi connectivity index (χ0n) is 14.2. The lowest BCUT2D eigenvalue weighted by Crippen LogP contribution is -2.35. The van der Waals surface area contributed by atoms with E-state index in [0.717, 1.165) is 23.8 Å².